The van der Waals surface area contributed by atoms with Gasteiger partial charge in [0.15, 0.2) is 5.11 Å². The highest BCUT2D eigenvalue weighted by atomic mass is 32.1. The molecule has 2 rings (SSSR count). The summed E-state index contributed by atoms with van der Waals surface area (Å²) in [4.78, 5) is 14.1. The van der Waals surface area contributed by atoms with Crippen molar-refractivity contribution >= 4 is 23.2 Å². The second-order valence-electron chi connectivity index (χ2n) is 6.16. The summed E-state index contributed by atoms with van der Waals surface area (Å²) in [6.07, 6.45) is 4.59. The van der Waals surface area contributed by atoms with Gasteiger partial charge >= 0.3 is 0 Å². The van der Waals surface area contributed by atoms with Crippen molar-refractivity contribution in [2.24, 2.45) is 0 Å². The van der Waals surface area contributed by atoms with E-state index in [9.17, 15) is 4.79 Å². The minimum atomic E-state index is 0.0193. The van der Waals surface area contributed by atoms with E-state index in [0.717, 1.165) is 45.3 Å². The van der Waals surface area contributed by atoms with Gasteiger partial charge < -0.3 is 10.6 Å². The lowest BCUT2D eigenvalue weighted by Gasteiger charge is -2.32. The average Bonchev–Trinajstić information content (AvgIpc) is 2.55. The number of unbranched alkanes of at least 4 members (excludes halogenated alkanes) is 1. The fourth-order valence-electron chi connectivity index (χ4n) is 2.82. The van der Waals surface area contributed by atoms with Gasteiger partial charge in [-0.3, -0.25) is 9.69 Å². The number of nitrogens with zero attached hydrogens (tertiary/aromatic N) is 1. The number of likely N-dealkylation sites (tertiary alicyclic amines) is 1. The Balaban J connectivity index is 1.66. The summed E-state index contributed by atoms with van der Waals surface area (Å²) in [5.74, 6) is 0.0193. The van der Waals surface area contributed by atoms with E-state index < -0.39 is 0 Å². The zero-order valence-electron chi connectivity index (χ0n) is 13.9. The van der Waals surface area contributed by atoms with Crippen LogP contribution in [0.2, 0.25) is 0 Å². The van der Waals surface area contributed by atoms with Crippen molar-refractivity contribution in [3.8, 4) is 0 Å². The third kappa shape index (κ3) is 6.67. The van der Waals surface area contributed by atoms with E-state index in [1.807, 2.05) is 0 Å². The van der Waals surface area contributed by atoms with Gasteiger partial charge in [0.05, 0.1) is 0 Å². The van der Waals surface area contributed by atoms with Crippen LogP contribution < -0.4 is 10.6 Å². The summed E-state index contributed by atoms with van der Waals surface area (Å²) in [5.41, 5.74) is 1.36. The molecule has 0 spiro atoms. The van der Waals surface area contributed by atoms with Gasteiger partial charge in [0.25, 0.3) is 0 Å². The summed E-state index contributed by atoms with van der Waals surface area (Å²) < 4.78 is 0. The summed E-state index contributed by atoms with van der Waals surface area (Å²) >= 11 is 5.24. The monoisotopic (exact) mass is 333 g/mol. The number of benzene rings is 1. The van der Waals surface area contributed by atoms with Crippen molar-refractivity contribution in [2.45, 2.75) is 51.6 Å². The van der Waals surface area contributed by atoms with Gasteiger partial charge in [-0.2, -0.15) is 0 Å². The van der Waals surface area contributed by atoms with E-state index in [0.29, 0.717) is 17.6 Å². The topological polar surface area (TPSA) is 44.4 Å². The molecule has 4 nitrogen and oxygen atoms in total. The third-order valence-electron chi connectivity index (χ3n) is 4.18. The Bertz CT molecular complexity index is 498. The molecule has 0 unspecified atom stereocenters. The molecule has 5 heteroatoms. The number of thiocarbonyl (C=S) groups is 1. The quantitative estimate of drug-likeness (QED) is 0.786. The highest BCUT2D eigenvalue weighted by Gasteiger charge is 2.20. The van der Waals surface area contributed by atoms with Gasteiger partial charge in [0, 0.05) is 32.1 Å². The first-order valence-corrected chi connectivity index (χ1v) is 8.95. The van der Waals surface area contributed by atoms with Crippen LogP contribution in [0.25, 0.3) is 0 Å². The molecule has 0 bridgehead atoms. The van der Waals surface area contributed by atoms with Crippen LogP contribution in [0.3, 0.4) is 0 Å². The van der Waals surface area contributed by atoms with Gasteiger partial charge in [-0.15, -0.1) is 0 Å². The molecule has 0 aliphatic carbocycles. The summed E-state index contributed by atoms with van der Waals surface area (Å²) in [6, 6.07) is 10.9. The summed E-state index contributed by atoms with van der Waals surface area (Å²) in [5, 5.41) is 6.54. The van der Waals surface area contributed by atoms with Gasteiger partial charge in [0.2, 0.25) is 5.91 Å². The number of amides is 1. The number of hydrogen-bond acceptors (Lipinski definition) is 3. The maximum Gasteiger partial charge on any atom is 0.226 e. The Morgan fingerprint density at radius 1 is 1.26 bits per heavy atom. The maximum absolute atomic E-state index is 11.7. The van der Waals surface area contributed by atoms with Crippen molar-refractivity contribution in [3.63, 3.8) is 0 Å². The Morgan fingerprint density at radius 2 is 1.96 bits per heavy atom. The van der Waals surface area contributed by atoms with Gasteiger partial charge in [-0.1, -0.05) is 43.7 Å². The van der Waals surface area contributed by atoms with Crippen molar-refractivity contribution in [3.05, 3.63) is 35.9 Å². The molecule has 1 aromatic rings. The number of carbonyl (C=O) groups excluding carboxylic acids is 1. The van der Waals surface area contributed by atoms with Gasteiger partial charge in [-0.25, -0.2) is 0 Å². The van der Waals surface area contributed by atoms with E-state index in [-0.39, 0.29) is 5.91 Å². The van der Waals surface area contributed by atoms with Crippen LogP contribution in [0.4, 0.5) is 0 Å². The lowest BCUT2D eigenvalue weighted by Crippen LogP contribution is -2.48. The van der Waals surface area contributed by atoms with Crippen LogP contribution in [0.15, 0.2) is 30.3 Å². The van der Waals surface area contributed by atoms with Crippen molar-refractivity contribution in [1.29, 1.82) is 0 Å². The number of nitrogens with one attached hydrogen (secondary N) is 2. The standard InChI is InChI=1S/C18H27N3OS/c1-2-3-9-17(22)20-18(23)19-16-10-12-21(13-11-16)14-15-7-5-4-6-8-15/h4-8,16H,2-3,9-14H2,1H3,(H2,19,20,22,23). The Morgan fingerprint density at radius 3 is 2.61 bits per heavy atom. The van der Waals surface area contributed by atoms with Gasteiger partial charge in [0.1, 0.15) is 0 Å². The smallest absolute Gasteiger partial charge is 0.226 e. The zero-order chi connectivity index (χ0) is 16.5. The molecule has 0 radical (unpaired) electrons. The molecule has 1 aromatic carbocycles. The minimum absolute atomic E-state index is 0.0193. The molecule has 23 heavy (non-hydrogen) atoms. The second kappa shape index (κ2) is 9.63. The molecule has 1 heterocycles. The van der Waals surface area contributed by atoms with E-state index >= 15 is 0 Å². The van der Waals surface area contributed by atoms with E-state index in [4.69, 9.17) is 12.2 Å². The number of carbonyl (C=O) groups is 1. The van der Waals surface area contributed by atoms with Crippen molar-refractivity contribution < 1.29 is 4.79 Å². The normalized spacial score (nSPS) is 16.0. The Kier molecular flexibility index (Phi) is 7.49. The first-order chi connectivity index (χ1) is 11.2. The Hall–Kier alpha value is -1.46. The first kappa shape index (κ1) is 17.9. The number of rotatable bonds is 6. The van der Waals surface area contributed by atoms with Crippen LogP contribution in [-0.2, 0) is 11.3 Å². The highest BCUT2D eigenvalue weighted by Crippen LogP contribution is 2.13. The predicted molar refractivity (Wildman–Crippen MR) is 98.1 cm³/mol. The zero-order valence-corrected chi connectivity index (χ0v) is 14.7. The molecule has 1 fully saturated rings. The maximum atomic E-state index is 11.7. The van der Waals surface area contributed by atoms with Crippen molar-refractivity contribution in [1.82, 2.24) is 15.5 Å². The molecule has 1 saturated heterocycles. The third-order valence-corrected chi connectivity index (χ3v) is 4.40. The summed E-state index contributed by atoms with van der Waals surface area (Å²) in [6.45, 7) is 5.19. The van der Waals surface area contributed by atoms with Crippen LogP contribution >= 0.6 is 12.2 Å². The largest absolute Gasteiger partial charge is 0.360 e. The second-order valence-corrected chi connectivity index (χ2v) is 6.57. The molecule has 1 aliphatic heterocycles. The SMILES string of the molecule is CCCCC(=O)NC(=S)NC1CCN(Cc2ccccc2)CC1. The molecule has 126 valence electrons. The van der Waals surface area contributed by atoms with Crippen LogP contribution in [-0.4, -0.2) is 35.1 Å². The average molecular weight is 334 g/mol. The molecule has 1 aliphatic rings. The molecule has 1 amide bonds. The summed E-state index contributed by atoms with van der Waals surface area (Å²) in [7, 11) is 0. The fourth-order valence-corrected chi connectivity index (χ4v) is 3.11. The molecular formula is C18H27N3OS. The fraction of sp³-hybridized carbons (Fsp3) is 0.556. The lowest BCUT2D eigenvalue weighted by atomic mass is 10.0. The number of piperidine rings is 1. The highest BCUT2D eigenvalue weighted by molar-refractivity contribution is 7.80. The molecule has 0 atom stereocenters. The first-order valence-electron chi connectivity index (χ1n) is 8.54. The predicted octanol–water partition coefficient (Wildman–Crippen LogP) is 2.83. The van der Waals surface area contributed by atoms with Crippen LogP contribution in [0.5, 0.6) is 0 Å². The van der Waals surface area contributed by atoms with E-state index in [1.165, 1.54) is 5.56 Å². The lowest BCUT2D eigenvalue weighted by molar-refractivity contribution is -0.119. The van der Waals surface area contributed by atoms with Crippen molar-refractivity contribution in [2.75, 3.05) is 13.1 Å². The van der Waals surface area contributed by atoms with E-state index in [1.54, 1.807) is 0 Å². The van der Waals surface area contributed by atoms with E-state index in [2.05, 4.69) is 52.8 Å². The van der Waals surface area contributed by atoms with Crippen LogP contribution in [0.1, 0.15) is 44.6 Å². The molecule has 0 saturated carbocycles. The Labute approximate surface area is 144 Å². The van der Waals surface area contributed by atoms with Crippen LogP contribution in [0, 0.1) is 0 Å². The number of hydrogen-bond donors (Lipinski definition) is 2. The minimum Gasteiger partial charge on any atom is -0.360 e. The molecular weight excluding hydrogens is 306 g/mol. The molecule has 2 N–H and O–H groups in total. The molecule has 0 aromatic heterocycles. The van der Waals surface area contributed by atoms with Gasteiger partial charge in [-0.05, 0) is 37.0 Å².